The number of unbranched alkanes of at least 4 members (excludes halogenated alkanes) is 2. The Hall–Kier alpha value is -1.71. The maximum Gasteiger partial charge on any atom is 0.340 e. The number of esters is 1. The molecule has 0 aromatic heterocycles. The Morgan fingerprint density at radius 1 is 1.35 bits per heavy atom. The van der Waals surface area contributed by atoms with Crippen molar-refractivity contribution in [1.29, 1.82) is 0 Å². The summed E-state index contributed by atoms with van der Waals surface area (Å²) in [7, 11) is 1.52. The predicted octanol–water partition coefficient (Wildman–Crippen LogP) is 2.62. The lowest BCUT2D eigenvalue weighted by molar-refractivity contribution is 0.0499. The topological polar surface area (TPSA) is 61.5 Å². The number of hydrogen-bond donors (Lipinski definition) is 1. The Balaban J connectivity index is 2.62. The van der Waals surface area contributed by atoms with E-state index >= 15 is 0 Å². The van der Waals surface area contributed by atoms with Crippen LogP contribution in [0.5, 0.6) is 5.75 Å². The van der Waals surface area contributed by atoms with Gasteiger partial charge in [-0.2, -0.15) is 0 Å². The van der Waals surface area contributed by atoms with Crippen LogP contribution in [0.4, 0.5) is 5.69 Å². The number of nitrogen functional groups attached to an aromatic ring is 1. The second kappa shape index (κ2) is 6.78. The van der Waals surface area contributed by atoms with Gasteiger partial charge in [0.05, 0.1) is 25.0 Å². The zero-order valence-corrected chi connectivity index (χ0v) is 10.4. The SMILES string of the molecule is CCCCCOC(=O)c1cccc(OC)c1N. The van der Waals surface area contributed by atoms with Gasteiger partial charge >= 0.3 is 5.97 Å². The summed E-state index contributed by atoms with van der Waals surface area (Å²) in [6.45, 7) is 2.53. The molecule has 17 heavy (non-hydrogen) atoms. The maximum atomic E-state index is 11.7. The van der Waals surface area contributed by atoms with Crippen LogP contribution in [0, 0.1) is 0 Å². The van der Waals surface area contributed by atoms with E-state index in [4.69, 9.17) is 15.2 Å². The van der Waals surface area contributed by atoms with Crippen molar-refractivity contribution in [3.05, 3.63) is 23.8 Å². The molecule has 0 aliphatic heterocycles. The first kappa shape index (κ1) is 13.4. The van der Waals surface area contributed by atoms with E-state index in [9.17, 15) is 4.79 Å². The minimum absolute atomic E-state index is 0.329. The van der Waals surface area contributed by atoms with E-state index in [-0.39, 0.29) is 0 Å². The van der Waals surface area contributed by atoms with Crippen LogP contribution in [0.1, 0.15) is 36.5 Å². The second-order valence-electron chi connectivity index (χ2n) is 3.76. The van der Waals surface area contributed by atoms with Crippen LogP contribution in [0.15, 0.2) is 18.2 Å². The third-order valence-electron chi connectivity index (χ3n) is 2.49. The molecule has 4 heteroatoms. The van der Waals surface area contributed by atoms with Gasteiger partial charge in [0.2, 0.25) is 0 Å². The summed E-state index contributed by atoms with van der Waals surface area (Å²) >= 11 is 0. The Morgan fingerprint density at radius 2 is 2.12 bits per heavy atom. The standard InChI is InChI=1S/C13H19NO3/c1-3-4-5-9-17-13(15)10-7-6-8-11(16-2)12(10)14/h6-8H,3-5,9,14H2,1-2H3. The summed E-state index contributed by atoms with van der Waals surface area (Å²) in [6, 6.07) is 5.07. The van der Waals surface area contributed by atoms with Crippen molar-refractivity contribution in [3.8, 4) is 5.75 Å². The van der Waals surface area contributed by atoms with Crippen molar-refractivity contribution in [2.45, 2.75) is 26.2 Å². The lowest BCUT2D eigenvalue weighted by Crippen LogP contribution is -2.10. The number of methoxy groups -OCH3 is 1. The van der Waals surface area contributed by atoms with Gasteiger partial charge in [-0.3, -0.25) is 0 Å². The van der Waals surface area contributed by atoms with E-state index in [1.54, 1.807) is 18.2 Å². The van der Waals surface area contributed by atoms with Gasteiger partial charge in [-0.25, -0.2) is 4.79 Å². The van der Waals surface area contributed by atoms with Gasteiger partial charge in [0.25, 0.3) is 0 Å². The van der Waals surface area contributed by atoms with E-state index in [1.807, 2.05) is 0 Å². The van der Waals surface area contributed by atoms with Crippen molar-refractivity contribution < 1.29 is 14.3 Å². The van der Waals surface area contributed by atoms with Crippen molar-refractivity contribution in [3.63, 3.8) is 0 Å². The Kier molecular flexibility index (Phi) is 5.33. The molecule has 0 heterocycles. The number of hydrogen-bond acceptors (Lipinski definition) is 4. The van der Waals surface area contributed by atoms with Gasteiger partial charge in [-0.05, 0) is 18.6 Å². The molecule has 0 saturated carbocycles. The molecular formula is C13H19NO3. The van der Waals surface area contributed by atoms with Crippen LogP contribution in [0.3, 0.4) is 0 Å². The highest BCUT2D eigenvalue weighted by molar-refractivity contribution is 5.96. The number of carbonyl (C=O) groups excluding carboxylic acids is 1. The van der Waals surface area contributed by atoms with Gasteiger partial charge < -0.3 is 15.2 Å². The molecule has 0 aliphatic carbocycles. The Morgan fingerprint density at radius 3 is 2.76 bits per heavy atom. The van der Waals surface area contributed by atoms with Crippen LogP contribution in [-0.4, -0.2) is 19.7 Å². The van der Waals surface area contributed by atoms with Crippen LogP contribution in [0.25, 0.3) is 0 Å². The summed E-state index contributed by atoms with van der Waals surface area (Å²) in [5, 5.41) is 0. The van der Waals surface area contributed by atoms with Crippen LogP contribution < -0.4 is 10.5 Å². The van der Waals surface area contributed by atoms with Gasteiger partial charge in [0.1, 0.15) is 5.75 Å². The molecule has 1 aromatic rings. The summed E-state index contributed by atoms with van der Waals surface area (Å²) in [5.41, 5.74) is 6.49. The van der Waals surface area contributed by atoms with Crippen LogP contribution >= 0.6 is 0 Å². The van der Waals surface area contributed by atoms with Gasteiger partial charge in [-0.1, -0.05) is 25.8 Å². The fourth-order valence-corrected chi connectivity index (χ4v) is 1.49. The molecule has 94 valence electrons. The number of rotatable bonds is 6. The first-order chi connectivity index (χ1) is 8.20. The van der Waals surface area contributed by atoms with Crippen LogP contribution in [-0.2, 0) is 4.74 Å². The number of benzene rings is 1. The molecular weight excluding hydrogens is 218 g/mol. The van der Waals surface area contributed by atoms with Crippen molar-refractivity contribution in [1.82, 2.24) is 0 Å². The first-order valence-corrected chi connectivity index (χ1v) is 5.80. The molecule has 4 nitrogen and oxygen atoms in total. The molecule has 0 aliphatic rings. The quantitative estimate of drug-likeness (QED) is 0.469. The summed E-state index contributed by atoms with van der Waals surface area (Å²) < 4.78 is 10.2. The minimum Gasteiger partial charge on any atom is -0.495 e. The van der Waals surface area contributed by atoms with E-state index < -0.39 is 5.97 Å². The summed E-state index contributed by atoms with van der Waals surface area (Å²) in [6.07, 6.45) is 3.03. The largest absolute Gasteiger partial charge is 0.495 e. The highest BCUT2D eigenvalue weighted by atomic mass is 16.5. The molecule has 0 unspecified atom stereocenters. The average molecular weight is 237 g/mol. The first-order valence-electron chi connectivity index (χ1n) is 5.80. The van der Waals surface area contributed by atoms with Crippen molar-refractivity contribution >= 4 is 11.7 Å². The van der Waals surface area contributed by atoms with E-state index in [0.717, 1.165) is 19.3 Å². The highest BCUT2D eigenvalue weighted by Crippen LogP contribution is 2.25. The van der Waals surface area contributed by atoms with Crippen LogP contribution in [0.2, 0.25) is 0 Å². The molecule has 1 rings (SSSR count). The maximum absolute atomic E-state index is 11.7. The summed E-state index contributed by atoms with van der Waals surface area (Å²) in [5.74, 6) is 0.102. The highest BCUT2D eigenvalue weighted by Gasteiger charge is 2.13. The molecule has 0 bridgehead atoms. The summed E-state index contributed by atoms with van der Waals surface area (Å²) in [4.78, 5) is 11.7. The number of para-hydroxylation sites is 1. The minimum atomic E-state index is -0.391. The van der Waals surface area contributed by atoms with E-state index in [2.05, 4.69) is 6.92 Å². The van der Waals surface area contributed by atoms with Gasteiger partial charge in [0, 0.05) is 0 Å². The lowest BCUT2D eigenvalue weighted by Gasteiger charge is -2.09. The second-order valence-corrected chi connectivity index (χ2v) is 3.76. The molecule has 0 spiro atoms. The monoisotopic (exact) mass is 237 g/mol. The fraction of sp³-hybridized carbons (Fsp3) is 0.462. The number of carbonyl (C=O) groups is 1. The third kappa shape index (κ3) is 3.66. The Labute approximate surface area is 102 Å². The molecule has 0 atom stereocenters. The normalized spacial score (nSPS) is 10.0. The average Bonchev–Trinajstić information content (AvgIpc) is 2.34. The molecule has 0 saturated heterocycles. The predicted molar refractivity (Wildman–Crippen MR) is 67.2 cm³/mol. The molecule has 0 radical (unpaired) electrons. The number of ether oxygens (including phenoxy) is 2. The Bertz CT molecular complexity index is 377. The molecule has 0 fully saturated rings. The van der Waals surface area contributed by atoms with E-state index in [0.29, 0.717) is 23.6 Å². The van der Waals surface area contributed by atoms with Gasteiger partial charge in [-0.15, -0.1) is 0 Å². The van der Waals surface area contributed by atoms with E-state index in [1.165, 1.54) is 7.11 Å². The van der Waals surface area contributed by atoms with Gasteiger partial charge in [0.15, 0.2) is 0 Å². The number of anilines is 1. The smallest absolute Gasteiger partial charge is 0.340 e. The molecule has 0 amide bonds. The third-order valence-corrected chi connectivity index (χ3v) is 2.49. The molecule has 2 N–H and O–H groups in total. The molecule has 1 aromatic carbocycles. The zero-order chi connectivity index (χ0) is 12.7. The lowest BCUT2D eigenvalue weighted by atomic mass is 10.1. The number of nitrogens with two attached hydrogens (primary N) is 1. The van der Waals surface area contributed by atoms with Crippen molar-refractivity contribution in [2.24, 2.45) is 0 Å². The fourth-order valence-electron chi connectivity index (χ4n) is 1.49. The zero-order valence-electron chi connectivity index (χ0n) is 10.4. The van der Waals surface area contributed by atoms with Crippen molar-refractivity contribution in [2.75, 3.05) is 19.5 Å².